The Balaban J connectivity index is 1.83. The fourth-order valence-electron chi connectivity index (χ4n) is 2.53. The molecule has 0 amide bonds. The highest BCUT2D eigenvalue weighted by Gasteiger charge is 2.25. The molecule has 3 heterocycles. The van der Waals surface area contributed by atoms with Crippen molar-refractivity contribution in [3.05, 3.63) is 17.5 Å². The van der Waals surface area contributed by atoms with Crippen LogP contribution in [0.4, 0.5) is 0 Å². The summed E-state index contributed by atoms with van der Waals surface area (Å²) in [5.74, 6) is 0. The lowest BCUT2D eigenvalue weighted by Crippen LogP contribution is -2.09. The molecule has 1 aromatic rings. The summed E-state index contributed by atoms with van der Waals surface area (Å²) >= 11 is 0. The largest absolute Gasteiger partial charge is 0.372 e. The van der Waals surface area contributed by atoms with E-state index in [-0.39, 0.29) is 12.3 Å². The summed E-state index contributed by atoms with van der Waals surface area (Å²) in [6.45, 7) is 3.84. The average molecular weight is 222 g/mol. The van der Waals surface area contributed by atoms with Gasteiger partial charge in [0.1, 0.15) is 12.3 Å². The van der Waals surface area contributed by atoms with Gasteiger partial charge in [-0.2, -0.15) is 5.10 Å². The van der Waals surface area contributed by atoms with Gasteiger partial charge in [0.2, 0.25) is 0 Å². The van der Waals surface area contributed by atoms with Crippen LogP contribution in [0.1, 0.15) is 49.3 Å². The van der Waals surface area contributed by atoms with Crippen molar-refractivity contribution in [2.45, 2.75) is 44.9 Å². The van der Waals surface area contributed by atoms with Crippen molar-refractivity contribution in [3.63, 3.8) is 0 Å². The van der Waals surface area contributed by atoms with Crippen LogP contribution >= 0.6 is 0 Å². The van der Waals surface area contributed by atoms with Gasteiger partial charge in [-0.3, -0.25) is 0 Å². The zero-order valence-corrected chi connectivity index (χ0v) is 9.69. The number of hydrogen-bond donors (Lipinski definition) is 0. The van der Waals surface area contributed by atoms with E-state index in [4.69, 9.17) is 9.47 Å². The number of nitrogens with zero attached hydrogens (tertiary/aromatic N) is 2. The van der Waals surface area contributed by atoms with E-state index in [1.54, 1.807) is 0 Å². The van der Waals surface area contributed by atoms with Crippen LogP contribution in [0.25, 0.3) is 0 Å². The Bertz CT molecular complexity index is 363. The lowest BCUT2D eigenvalue weighted by atomic mass is 10.1. The molecule has 2 fully saturated rings. The third kappa shape index (κ3) is 1.76. The van der Waals surface area contributed by atoms with Crippen molar-refractivity contribution in [2.24, 2.45) is 0 Å². The predicted octanol–water partition coefficient (Wildman–Crippen LogP) is 2.35. The first-order chi connectivity index (χ1) is 7.84. The van der Waals surface area contributed by atoms with Crippen molar-refractivity contribution in [1.29, 1.82) is 0 Å². The van der Waals surface area contributed by atoms with E-state index in [1.807, 2.05) is 4.68 Å². The van der Waals surface area contributed by atoms with Crippen LogP contribution in [0.5, 0.6) is 0 Å². The van der Waals surface area contributed by atoms with Crippen LogP contribution in [-0.4, -0.2) is 23.0 Å². The maximum Gasteiger partial charge on any atom is 0.150 e. The molecule has 3 rings (SSSR count). The topological polar surface area (TPSA) is 36.3 Å². The molecule has 4 heteroatoms. The Morgan fingerprint density at radius 2 is 2.06 bits per heavy atom. The van der Waals surface area contributed by atoms with Gasteiger partial charge < -0.3 is 9.47 Å². The van der Waals surface area contributed by atoms with E-state index in [1.165, 1.54) is 5.56 Å². The average Bonchev–Trinajstić information content (AvgIpc) is 2.97. The molecule has 0 saturated carbocycles. The highest BCUT2D eigenvalue weighted by Crippen LogP contribution is 2.31. The Morgan fingerprint density at radius 3 is 2.75 bits per heavy atom. The Morgan fingerprint density at radius 1 is 1.25 bits per heavy atom. The van der Waals surface area contributed by atoms with Crippen LogP contribution in [0, 0.1) is 6.92 Å². The quantitative estimate of drug-likeness (QED) is 0.770. The summed E-state index contributed by atoms with van der Waals surface area (Å²) in [5, 5.41) is 4.64. The lowest BCUT2D eigenvalue weighted by Gasteiger charge is -2.10. The van der Waals surface area contributed by atoms with E-state index < -0.39 is 0 Å². The third-order valence-electron chi connectivity index (χ3n) is 3.39. The standard InChI is InChI=1S/C12H18N2O2/c1-9-8-14(11-5-3-7-16-11)13-12(9)10-4-2-6-15-10/h8,10-11H,2-7H2,1H3. The van der Waals surface area contributed by atoms with Gasteiger partial charge in [-0.1, -0.05) is 0 Å². The number of rotatable bonds is 2. The van der Waals surface area contributed by atoms with Gasteiger partial charge in [0, 0.05) is 19.4 Å². The summed E-state index contributed by atoms with van der Waals surface area (Å²) in [7, 11) is 0. The highest BCUT2D eigenvalue weighted by molar-refractivity contribution is 5.18. The number of ether oxygens (including phenoxy) is 2. The van der Waals surface area contributed by atoms with Crippen molar-refractivity contribution in [1.82, 2.24) is 9.78 Å². The van der Waals surface area contributed by atoms with Crippen molar-refractivity contribution >= 4 is 0 Å². The molecule has 0 bridgehead atoms. The van der Waals surface area contributed by atoms with Gasteiger partial charge in [-0.15, -0.1) is 0 Å². The molecule has 2 atom stereocenters. The molecule has 0 radical (unpaired) electrons. The molecule has 16 heavy (non-hydrogen) atoms. The first-order valence-electron chi connectivity index (χ1n) is 6.13. The first kappa shape index (κ1) is 10.3. The third-order valence-corrected chi connectivity index (χ3v) is 3.39. The van der Waals surface area contributed by atoms with Crippen molar-refractivity contribution in [3.8, 4) is 0 Å². The van der Waals surface area contributed by atoms with E-state index >= 15 is 0 Å². The summed E-state index contributed by atoms with van der Waals surface area (Å²) in [5.41, 5.74) is 2.33. The smallest absolute Gasteiger partial charge is 0.150 e. The molecular weight excluding hydrogens is 204 g/mol. The van der Waals surface area contributed by atoms with Crippen LogP contribution < -0.4 is 0 Å². The molecule has 1 aromatic heterocycles. The van der Waals surface area contributed by atoms with Gasteiger partial charge in [0.15, 0.2) is 0 Å². The van der Waals surface area contributed by atoms with Crippen molar-refractivity contribution in [2.75, 3.05) is 13.2 Å². The van der Waals surface area contributed by atoms with Gasteiger partial charge in [0.25, 0.3) is 0 Å². The van der Waals surface area contributed by atoms with Crippen LogP contribution in [-0.2, 0) is 9.47 Å². The predicted molar refractivity (Wildman–Crippen MR) is 59.1 cm³/mol. The summed E-state index contributed by atoms with van der Waals surface area (Å²) in [6.07, 6.45) is 6.91. The molecule has 2 aliphatic heterocycles. The maximum absolute atomic E-state index is 5.68. The fourth-order valence-corrected chi connectivity index (χ4v) is 2.53. The normalized spacial score (nSPS) is 30.1. The van der Waals surface area contributed by atoms with Crippen LogP contribution in [0.15, 0.2) is 6.20 Å². The SMILES string of the molecule is Cc1cn(C2CCCO2)nc1C1CCCO1. The zero-order chi connectivity index (χ0) is 11.0. The fraction of sp³-hybridized carbons (Fsp3) is 0.750. The minimum Gasteiger partial charge on any atom is -0.372 e. The second kappa shape index (κ2) is 4.18. The second-order valence-corrected chi connectivity index (χ2v) is 4.65. The number of aromatic nitrogens is 2. The van der Waals surface area contributed by atoms with Gasteiger partial charge in [-0.05, 0) is 38.2 Å². The second-order valence-electron chi connectivity index (χ2n) is 4.65. The minimum absolute atomic E-state index is 0.147. The molecule has 0 aliphatic carbocycles. The molecule has 2 saturated heterocycles. The Hall–Kier alpha value is -0.870. The van der Waals surface area contributed by atoms with E-state index in [0.29, 0.717) is 0 Å². The van der Waals surface area contributed by atoms with E-state index in [2.05, 4.69) is 18.2 Å². The molecule has 0 aromatic carbocycles. The van der Waals surface area contributed by atoms with Crippen LogP contribution in [0.3, 0.4) is 0 Å². The number of aryl methyl sites for hydroxylation is 1. The summed E-state index contributed by atoms with van der Waals surface area (Å²) < 4.78 is 13.3. The number of hydrogen-bond acceptors (Lipinski definition) is 3. The molecule has 2 unspecified atom stereocenters. The highest BCUT2D eigenvalue weighted by atomic mass is 16.5. The monoisotopic (exact) mass is 222 g/mol. The summed E-state index contributed by atoms with van der Waals surface area (Å²) in [6, 6.07) is 0. The van der Waals surface area contributed by atoms with Crippen LogP contribution in [0.2, 0.25) is 0 Å². The van der Waals surface area contributed by atoms with Gasteiger partial charge >= 0.3 is 0 Å². The maximum atomic E-state index is 5.68. The molecule has 2 aliphatic rings. The van der Waals surface area contributed by atoms with E-state index in [9.17, 15) is 0 Å². The Kier molecular flexibility index (Phi) is 2.69. The van der Waals surface area contributed by atoms with E-state index in [0.717, 1.165) is 44.6 Å². The lowest BCUT2D eigenvalue weighted by molar-refractivity contribution is 0.0446. The van der Waals surface area contributed by atoms with Crippen molar-refractivity contribution < 1.29 is 9.47 Å². The molecular formula is C12H18N2O2. The Labute approximate surface area is 95.5 Å². The molecule has 0 N–H and O–H groups in total. The first-order valence-corrected chi connectivity index (χ1v) is 6.13. The molecule has 0 spiro atoms. The van der Waals surface area contributed by atoms with Gasteiger partial charge in [0.05, 0.1) is 5.69 Å². The molecule has 4 nitrogen and oxygen atoms in total. The minimum atomic E-state index is 0.147. The zero-order valence-electron chi connectivity index (χ0n) is 9.69. The van der Waals surface area contributed by atoms with Gasteiger partial charge in [-0.25, -0.2) is 4.68 Å². The summed E-state index contributed by atoms with van der Waals surface area (Å²) in [4.78, 5) is 0. The molecule has 88 valence electrons.